The van der Waals surface area contributed by atoms with Crippen LogP contribution in [0.25, 0.3) is 0 Å². The highest BCUT2D eigenvalue weighted by Crippen LogP contribution is 2.22. The van der Waals surface area contributed by atoms with Crippen LogP contribution in [0.1, 0.15) is 26.5 Å². The van der Waals surface area contributed by atoms with E-state index in [9.17, 15) is 4.79 Å². The Bertz CT molecular complexity index is 386. The number of amides is 1. The summed E-state index contributed by atoms with van der Waals surface area (Å²) >= 11 is 0. The molecule has 2 rings (SSSR count). The van der Waals surface area contributed by atoms with E-state index in [0.29, 0.717) is 19.6 Å². The minimum atomic E-state index is -0.233. The van der Waals surface area contributed by atoms with Crippen LogP contribution in [0.15, 0.2) is 12.3 Å². The van der Waals surface area contributed by atoms with E-state index in [-0.39, 0.29) is 17.6 Å². The Morgan fingerprint density at radius 1 is 1.71 bits per heavy atom. The molecule has 17 heavy (non-hydrogen) atoms. The first-order chi connectivity index (χ1) is 7.99. The van der Waals surface area contributed by atoms with Gasteiger partial charge in [0.25, 0.3) is 0 Å². The molecule has 0 saturated carbocycles. The molecular weight excluding hydrogens is 218 g/mol. The molecule has 1 aliphatic heterocycles. The van der Waals surface area contributed by atoms with Gasteiger partial charge in [-0.3, -0.25) is 9.89 Å². The van der Waals surface area contributed by atoms with Crippen LogP contribution in [0.3, 0.4) is 0 Å². The normalized spacial score (nSPS) is 23.7. The number of hydrogen-bond donors (Lipinski definition) is 1. The van der Waals surface area contributed by atoms with Gasteiger partial charge in [0.15, 0.2) is 0 Å². The average molecular weight is 237 g/mol. The second kappa shape index (κ2) is 4.49. The zero-order chi connectivity index (χ0) is 12.5. The smallest absolute Gasteiger partial charge is 0.229 e. The molecule has 94 valence electrons. The van der Waals surface area contributed by atoms with Gasteiger partial charge in [0.1, 0.15) is 0 Å². The van der Waals surface area contributed by atoms with Crippen LogP contribution < -0.4 is 0 Å². The summed E-state index contributed by atoms with van der Waals surface area (Å²) in [7, 11) is 0. The number of nitrogens with zero attached hydrogens (tertiary/aromatic N) is 2. The van der Waals surface area contributed by atoms with E-state index in [1.807, 2.05) is 31.7 Å². The summed E-state index contributed by atoms with van der Waals surface area (Å²) in [4.78, 5) is 14.2. The van der Waals surface area contributed by atoms with Crippen LogP contribution in [0.2, 0.25) is 0 Å². The van der Waals surface area contributed by atoms with Gasteiger partial charge < -0.3 is 9.64 Å². The molecule has 0 aliphatic carbocycles. The lowest BCUT2D eigenvalue weighted by Gasteiger charge is -2.44. The maximum atomic E-state index is 12.2. The molecule has 1 atom stereocenters. The fourth-order valence-corrected chi connectivity index (χ4v) is 2.06. The van der Waals surface area contributed by atoms with E-state index in [4.69, 9.17) is 4.74 Å². The number of carbonyl (C=O) groups excluding carboxylic acids is 1. The van der Waals surface area contributed by atoms with Crippen LogP contribution in [0, 0.1) is 0 Å². The Kier molecular flexibility index (Phi) is 3.19. The molecule has 1 fully saturated rings. The van der Waals surface area contributed by atoms with Gasteiger partial charge in [-0.25, -0.2) is 0 Å². The van der Waals surface area contributed by atoms with E-state index in [2.05, 4.69) is 10.2 Å². The third kappa shape index (κ3) is 2.66. The molecule has 5 heteroatoms. The maximum Gasteiger partial charge on any atom is 0.229 e. The molecule has 1 N–H and O–H groups in total. The molecule has 5 nitrogen and oxygen atoms in total. The number of carbonyl (C=O) groups is 1. The molecular formula is C12H19N3O2. The Morgan fingerprint density at radius 2 is 2.47 bits per heavy atom. The van der Waals surface area contributed by atoms with Gasteiger partial charge >= 0.3 is 0 Å². The van der Waals surface area contributed by atoms with E-state index in [1.165, 1.54) is 0 Å². The molecule has 1 aromatic rings. The van der Waals surface area contributed by atoms with Crippen molar-refractivity contribution >= 4 is 5.91 Å². The minimum absolute atomic E-state index is 0.105. The van der Waals surface area contributed by atoms with Gasteiger partial charge in [-0.15, -0.1) is 0 Å². The topological polar surface area (TPSA) is 58.2 Å². The van der Waals surface area contributed by atoms with E-state index in [0.717, 1.165) is 5.69 Å². The molecule has 0 aromatic carbocycles. The first-order valence-electron chi connectivity index (χ1n) is 5.89. The highest BCUT2D eigenvalue weighted by atomic mass is 16.5. The Balaban J connectivity index is 2.06. The number of aromatic amines is 1. The first-order valence-corrected chi connectivity index (χ1v) is 5.89. The molecule has 0 radical (unpaired) electrons. The quantitative estimate of drug-likeness (QED) is 0.834. The highest BCUT2D eigenvalue weighted by Gasteiger charge is 2.36. The van der Waals surface area contributed by atoms with Crippen LogP contribution in [0.4, 0.5) is 0 Å². The lowest BCUT2D eigenvalue weighted by Crippen LogP contribution is -2.58. The summed E-state index contributed by atoms with van der Waals surface area (Å²) in [6, 6.07) is 1.83. The maximum absolute atomic E-state index is 12.2. The van der Waals surface area contributed by atoms with Crippen LogP contribution in [0.5, 0.6) is 0 Å². The summed E-state index contributed by atoms with van der Waals surface area (Å²) in [6.45, 7) is 7.29. The van der Waals surface area contributed by atoms with Gasteiger partial charge in [0, 0.05) is 18.4 Å². The summed E-state index contributed by atoms with van der Waals surface area (Å²) in [5.74, 6) is 0.120. The lowest BCUT2D eigenvalue weighted by atomic mass is 10.00. The van der Waals surface area contributed by atoms with Gasteiger partial charge in [-0.2, -0.15) is 5.10 Å². The molecule has 1 unspecified atom stereocenters. The zero-order valence-corrected chi connectivity index (χ0v) is 10.6. The van der Waals surface area contributed by atoms with Crippen molar-refractivity contribution < 1.29 is 9.53 Å². The molecule has 1 saturated heterocycles. The standard InChI is InChI=1S/C12H19N3O2/c1-9-7-15(12(2,3)8-17-9)11(16)6-10-4-5-13-14-10/h4-5,9H,6-8H2,1-3H3,(H,13,14). The summed E-state index contributed by atoms with van der Waals surface area (Å²) in [6.07, 6.45) is 2.14. The molecule has 1 aliphatic rings. The van der Waals surface area contributed by atoms with Crippen molar-refractivity contribution in [2.75, 3.05) is 13.2 Å². The number of nitrogens with one attached hydrogen (secondary N) is 1. The monoisotopic (exact) mass is 237 g/mol. The highest BCUT2D eigenvalue weighted by molar-refractivity contribution is 5.79. The Labute approximate surface area is 101 Å². The summed E-state index contributed by atoms with van der Waals surface area (Å²) in [5.41, 5.74) is 0.619. The van der Waals surface area contributed by atoms with Crippen molar-refractivity contribution in [1.82, 2.24) is 15.1 Å². The Morgan fingerprint density at radius 3 is 3.12 bits per heavy atom. The second-order valence-corrected chi connectivity index (χ2v) is 5.20. The average Bonchev–Trinajstić information content (AvgIpc) is 2.74. The lowest BCUT2D eigenvalue weighted by molar-refractivity contribution is -0.152. The largest absolute Gasteiger partial charge is 0.374 e. The van der Waals surface area contributed by atoms with Crippen LogP contribution in [-0.2, 0) is 16.0 Å². The van der Waals surface area contributed by atoms with Crippen molar-refractivity contribution in [2.24, 2.45) is 0 Å². The molecule has 2 heterocycles. The van der Waals surface area contributed by atoms with Crippen molar-refractivity contribution in [3.8, 4) is 0 Å². The predicted molar refractivity (Wildman–Crippen MR) is 63.5 cm³/mol. The third-order valence-corrected chi connectivity index (χ3v) is 3.09. The molecule has 1 aromatic heterocycles. The molecule has 0 spiro atoms. The van der Waals surface area contributed by atoms with Crippen LogP contribution >= 0.6 is 0 Å². The third-order valence-electron chi connectivity index (χ3n) is 3.09. The van der Waals surface area contributed by atoms with E-state index >= 15 is 0 Å². The Hall–Kier alpha value is -1.36. The van der Waals surface area contributed by atoms with Gasteiger partial charge in [0.05, 0.1) is 24.7 Å². The number of hydrogen-bond acceptors (Lipinski definition) is 3. The predicted octanol–water partition coefficient (Wildman–Crippen LogP) is 0.978. The minimum Gasteiger partial charge on any atom is -0.374 e. The number of rotatable bonds is 2. The second-order valence-electron chi connectivity index (χ2n) is 5.20. The fraction of sp³-hybridized carbons (Fsp3) is 0.667. The van der Waals surface area contributed by atoms with Crippen molar-refractivity contribution in [2.45, 2.75) is 38.8 Å². The number of H-pyrrole nitrogens is 1. The van der Waals surface area contributed by atoms with Gasteiger partial charge in [-0.05, 0) is 26.8 Å². The van der Waals surface area contributed by atoms with Crippen molar-refractivity contribution in [3.63, 3.8) is 0 Å². The number of ether oxygens (including phenoxy) is 1. The number of morpholine rings is 1. The van der Waals surface area contributed by atoms with Crippen molar-refractivity contribution in [3.05, 3.63) is 18.0 Å². The van der Waals surface area contributed by atoms with Gasteiger partial charge in [-0.1, -0.05) is 0 Å². The van der Waals surface area contributed by atoms with Gasteiger partial charge in [0.2, 0.25) is 5.91 Å². The van der Waals surface area contributed by atoms with Crippen LogP contribution in [-0.4, -0.2) is 45.8 Å². The molecule has 1 amide bonds. The number of aromatic nitrogens is 2. The summed E-state index contributed by atoms with van der Waals surface area (Å²) in [5, 5.41) is 6.67. The van der Waals surface area contributed by atoms with E-state index in [1.54, 1.807) is 6.20 Å². The molecule has 0 bridgehead atoms. The SMILES string of the molecule is CC1CN(C(=O)Cc2ccn[nH]2)C(C)(C)CO1. The first kappa shape index (κ1) is 12.1. The van der Waals surface area contributed by atoms with Crippen molar-refractivity contribution in [1.29, 1.82) is 0 Å². The van der Waals surface area contributed by atoms with E-state index < -0.39 is 0 Å². The zero-order valence-electron chi connectivity index (χ0n) is 10.6. The fourth-order valence-electron chi connectivity index (χ4n) is 2.06. The summed E-state index contributed by atoms with van der Waals surface area (Å²) < 4.78 is 5.59.